The molecule has 0 amide bonds. The second kappa shape index (κ2) is 3.99. The van der Waals surface area contributed by atoms with Gasteiger partial charge in [0.15, 0.2) is 0 Å². The topological polar surface area (TPSA) is 24.1 Å². The predicted molar refractivity (Wildman–Crippen MR) is 54.8 cm³/mol. The van der Waals surface area contributed by atoms with Crippen molar-refractivity contribution >= 4 is 12.6 Å². The highest BCUT2D eigenvalue weighted by atomic mass is 32.1. The van der Waals surface area contributed by atoms with Crippen LogP contribution in [0, 0.1) is 5.92 Å². The van der Waals surface area contributed by atoms with Gasteiger partial charge in [-0.1, -0.05) is 0 Å². The average Bonchev–Trinajstić information content (AvgIpc) is 2.63. The van der Waals surface area contributed by atoms with Gasteiger partial charge in [-0.05, 0) is 38.3 Å². The Morgan fingerprint density at radius 3 is 2.83 bits per heavy atom. The lowest BCUT2D eigenvalue weighted by Crippen LogP contribution is -2.25. The van der Waals surface area contributed by atoms with Crippen LogP contribution in [-0.4, -0.2) is 30.9 Å². The zero-order chi connectivity index (χ0) is 8.39. The van der Waals surface area contributed by atoms with Crippen LogP contribution in [0.1, 0.15) is 19.3 Å². The highest BCUT2D eigenvalue weighted by molar-refractivity contribution is 7.81. The molecule has 3 heteroatoms. The first-order chi connectivity index (χ1) is 5.84. The summed E-state index contributed by atoms with van der Waals surface area (Å²) in [6.07, 6.45) is 3.99. The maximum atomic E-state index is 4.47. The van der Waals surface area contributed by atoms with Crippen LogP contribution in [0.15, 0.2) is 0 Å². The van der Waals surface area contributed by atoms with Crippen LogP contribution in [0.25, 0.3) is 0 Å². The van der Waals surface area contributed by atoms with E-state index in [9.17, 15) is 0 Å². The van der Waals surface area contributed by atoms with Crippen molar-refractivity contribution in [2.24, 2.45) is 5.92 Å². The Kier molecular flexibility index (Phi) is 2.94. The van der Waals surface area contributed by atoms with Crippen LogP contribution >= 0.6 is 12.6 Å². The Labute approximate surface area is 79.9 Å². The van der Waals surface area contributed by atoms with Crippen LogP contribution in [-0.2, 0) is 0 Å². The van der Waals surface area contributed by atoms with Gasteiger partial charge in [-0.2, -0.15) is 12.6 Å². The second-order valence-corrected chi connectivity index (χ2v) is 4.82. The zero-order valence-electron chi connectivity index (χ0n) is 7.42. The fourth-order valence-electron chi connectivity index (χ4n) is 2.30. The summed E-state index contributed by atoms with van der Waals surface area (Å²) in [5, 5.41) is 7.54. The lowest BCUT2D eigenvalue weighted by Gasteiger charge is -2.14. The summed E-state index contributed by atoms with van der Waals surface area (Å²) < 4.78 is 0. The zero-order valence-corrected chi connectivity index (χ0v) is 8.32. The van der Waals surface area contributed by atoms with E-state index in [-0.39, 0.29) is 0 Å². The molecular weight excluding hydrogens is 168 g/mol. The predicted octanol–water partition coefficient (Wildman–Crippen LogP) is 0.646. The van der Waals surface area contributed by atoms with E-state index in [4.69, 9.17) is 0 Å². The summed E-state index contributed by atoms with van der Waals surface area (Å²) in [4.78, 5) is 0. The first kappa shape index (κ1) is 8.85. The molecule has 2 rings (SSSR count). The molecule has 70 valence electrons. The minimum atomic E-state index is 0.601. The van der Waals surface area contributed by atoms with Gasteiger partial charge >= 0.3 is 0 Å². The molecule has 0 spiro atoms. The molecule has 12 heavy (non-hydrogen) atoms. The summed E-state index contributed by atoms with van der Waals surface area (Å²) in [7, 11) is 0. The lowest BCUT2D eigenvalue weighted by molar-refractivity contribution is 0.437. The third kappa shape index (κ3) is 2.15. The van der Waals surface area contributed by atoms with Crippen LogP contribution in [0.3, 0.4) is 0 Å². The highest BCUT2D eigenvalue weighted by Gasteiger charge is 2.25. The van der Waals surface area contributed by atoms with E-state index in [2.05, 4.69) is 23.3 Å². The van der Waals surface area contributed by atoms with Crippen LogP contribution in [0.5, 0.6) is 0 Å². The molecular formula is C9H18N2S. The van der Waals surface area contributed by atoms with E-state index in [1.54, 1.807) is 0 Å². The summed E-state index contributed by atoms with van der Waals surface area (Å²) in [6.45, 7) is 3.56. The van der Waals surface area contributed by atoms with Gasteiger partial charge in [-0.3, -0.25) is 0 Å². The van der Waals surface area contributed by atoms with Crippen molar-refractivity contribution in [1.29, 1.82) is 0 Å². The molecule has 0 aromatic rings. The van der Waals surface area contributed by atoms with Crippen LogP contribution < -0.4 is 10.6 Å². The molecule has 2 fully saturated rings. The van der Waals surface area contributed by atoms with Crippen molar-refractivity contribution in [1.82, 2.24) is 10.6 Å². The van der Waals surface area contributed by atoms with Gasteiger partial charge < -0.3 is 10.6 Å². The van der Waals surface area contributed by atoms with Crippen LogP contribution in [0.4, 0.5) is 0 Å². The van der Waals surface area contributed by atoms with E-state index >= 15 is 0 Å². The maximum Gasteiger partial charge on any atom is 0.0157 e. The monoisotopic (exact) mass is 186 g/mol. The van der Waals surface area contributed by atoms with E-state index in [0.29, 0.717) is 5.25 Å². The Balaban J connectivity index is 1.72. The van der Waals surface area contributed by atoms with Gasteiger partial charge in [0.2, 0.25) is 0 Å². The normalized spacial score (nSPS) is 42.2. The molecule has 2 N–H and O–H groups in total. The molecule has 2 heterocycles. The van der Waals surface area contributed by atoms with Gasteiger partial charge in [0.1, 0.15) is 0 Å². The fourth-order valence-corrected chi connectivity index (χ4v) is 2.66. The Morgan fingerprint density at radius 2 is 2.25 bits per heavy atom. The quantitative estimate of drug-likeness (QED) is 0.552. The number of hydrogen-bond donors (Lipinski definition) is 3. The molecule has 2 aliphatic heterocycles. The third-order valence-electron chi connectivity index (χ3n) is 2.98. The molecule has 2 aliphatic rings. The third-order valence-corrected chi connectivity index (χ3v) is 3.37. The molecule has 0 aromatic heterocycles. The van der Waals surface area contributed by atoms with E-state index in [1.165, 1.54) is 32.4 Å². The van der Waals surface area contributed by atoms with Crippen molar-refractivity contribution in [2.45, 2.75) is 30.6 Å². The summed E-state index contributed by atoms with van der Waals surface area (Å²) in [5.41, 5.74) is 0. The number of rotatable bonds is 2. The highest BCUT2D eigenvalue weighted by Crippen LogP contribution is 2.21. The molecule has 0 aromatic carbocycles. The molecule has 3 atom stereocenters. The van der Waals surface area contributed by atoms with Crippen molar-refractivity contribution in [3.05, 3.63) is 0 Å². The first-order valence-electron chi connectivity index (χ1n) is 4.97. The van der Waals surface area contributed by atoms with Crippen LogP contribution in [0.2, 0.25) is 0 Å². The van der Waals surface area contributed by atoms with Gasteiger partial charge in [0.05, 0.1) is 0 Å². The van der Waals surface area contributed by atoms with Crippen molar-refractivity contribution in [3.63, 3.8) is 0 Å². The van der Waals surface area contributed by atoms with Gasteiger partial charge in [0.25, 0.3) is 0 Å². The molecule has 2 nitrogen and oxygen atoms in total. The van der Waals surface area contributed by atoms with Gasteiger partial charge in [-0.15, -0.1) is 0 Å². The minimum Gasteiger partial charge on any atom is -0.316 e. The minimum absolute atomic E-state index is 0.601. The number of nitrogens with one attached hydrogen (secondary N) is 2. The average molecular weight is 186 g/mol. The number of thiol groups is 1. The molecule has 3 unspecified atom stereocenters. The Hall–Kier alpha value is 0.270. The SMILES string of the molecule is SC1CNC(CC2CCNC2)C1. The molecule has 0 radical (unpaired) electrons. The fraction of sp³-hybridized carbons (Fsp3) is 1.00. The standard InChI is InChI=1S/C9H18N2S/c12-9-4-8(11-6-9)3-7-1-2-10-5-7/h7-12H,1-6H2. The summed E-state index contributed by atoms with van der Waals surface area (Å²) in [6, 6.07) is 0.748. The summed E-state index contributed by atoms with van der Waals surface area (Å²) >= 11 is 4.47. The van der Waals surface area contributed by atoms with Crippen molar-refractivity contribution < 1.29 is 0 Å². The Bertz CT molecular complexity index is 145. The maximum absolute atomic E-state index is 4.47. The van der Waals surface area contributed by atoms with Gasteiger partial charge in [0, 0.05) is 17.8 Å². The smallest absolute Gasteiger partial charge is 0.0157 e. The lowest BCUT2D eigenvalue weighted by atomic mass is 9.98. The largest absolute Gasteiger partial charge is 0.316 e. The van der Waals surface area contributed by atoms with Crippen molar-refractivity contribution in [2.75, 3.05) is 19.6 Å². The summed E-state index contributed by atoms with van der Waals surface area (Å²) in [5.74, 6) is 0.918. The molecule has 0 bridgehead atoms. The van der Waals surface area contributed by atoms with Crippen molar-refractivity contribution in [3.8, 4) is 0 Å². The second-order valence-electron chi connectivity index (χ2n) is 4.09. The first-order valence-corrected chi connectivity index (χ1v) is 5.48. The van der Waals surface area contributed by atoms with E-state index in [1.807, 2.05) is 0 Å². The van der Waals surface area contributed by atoms with Gasteiger partial charge in [-0.25, -0.2) is 0 Å². The molecule has 2 saturated heterocycles. The molecule has 0 saturated carbocycles. The number of hydrogen-bond acceptors (Lipinski definition) is 3. The molecule has 0 aliphatic carbocycles. The Morgan fingerprint density at radius 1 is 1.33 bits per heavy atom. The van der Waals surface area contributed by atoms with E-state index in [0.717, 1.165) is 18.5 Å². The van der Waals surface area contributed by atoms with E-state index < -0.39 is 0 Å².